The summed E-state index contributed by atoms with van der Waals surface area (Å²) in [4.78, 5) is 2.69. The highest BCUT2D eigenvalue weighted by atomic mass is 15.1. The fourth-order valence-electron chi connectivity index (χ4n) is 2.98. The summed E-state index contributed by atoms with van der Waals surface area (Å²) in [7, 11) is 0. The molecule has 0 radical (unpaired) electrons. The van der Waals surface area contributed by atoms with E-state index in [-0.39, 0.29) is 0 Å². The van der Waals surface area contributed by atoms with Crippen molar-refractivity contribution in [3.8, 4) is 0 Å². The first-order chi connectivity index (χ1) is 9.08. The van der Waals surface area contributed by atoms with E-state index in [9.17, 15) is 0 Å². The maximum atomic E-state index is 3.67. The lowest BCUT2D eigenvalue weighted by molar-refractivity contribution is 0.215. The van der Waals surface area contributed by atoms with Crippen LogP contribution in [0, 0.1) is 5.92 Å². The van der Waals surface area contributed by atoms with Crippen molar-refractivity contribution in [2.24, 2.45) is 5.92 Å². The van der Waals surface area contributed by atoms with Gasteiger partial charge in [-0.25, -0.2) is 0 Å². The molecule has 1 aliphatic rings. The van der Waals surface area contributed by atoms with Crippen LogP contribution in [-0.2, 0) is 0 Å². The van der Waals surface area contributed by atoms with Crippen LogP contribution >= 0.6 is 0 Å². The molecule has 2 atom stereocenters. The van der Waals surface area contributed by atoms with Gasteiger partial charge in [-0.2, -0.15) is 0 Å². The monoisotopic (exact) mass is 268 g/mol. The minimum atomic E-state index is 0.684. The SMILES string of the molecule is CC(C)CCCCCCN1CCC(C)NC(C)CC1. The van der Waals surface area contributed by atoms with Gasteiger partial charge >= 0.3 is 0 Å². The van der Waals surface area contributed by atoms with Crippen molar-refractivity contribution in [1.82, 2.24) is 10.2 Å². The lowest BCUT2D eigenvalue weighted by Crippen LogP contribution is -2.43. The lowest BCUT2D eigenvalue weighted by Gasteiger charge is -2.30. The Morgan fingerprint density at radius 3 is 2.11 bits per heavy atom. The van der Waals surface area contributed by atoms with Gasteiger partial charge in [-0.15, -0.1) is 0 Å². The Morgan fingerprint density at radius 2 is 1.53 bits per heavy atom. The molecule has 0 aromatic heterocycles. The predicted octanol–water partition coefficient (Wildman–Crippen LogP) is 4.06. The zero-order valence-electron chi connectivity index (χ0n) is 13.8. The quantitative estimate of drug-likeness (QED) is 0.701. The summed E-state index contributed by atoms with van der Waals surface area (Å²) in [6, 6.07) is 1.37. The van der Waals surface area contributed by atoms with Crippen LogP contribution in [-0.4, -0.2) is 36.6 Å². The van der Waals surface area contributed by atoms with Crippen LogP contribution in [0.15, 0.2) is 0 Å². The third-order valence-corrected chi connectivity index (χ3v) is 4.33. The summed E-state index contributed by atoms with van der Waals surface area (Å²) in [5.74, 6) is 0.879. The standard InChI is InChI=1S/C17H36N2/c1-15(2)9-7-5-6-8-12-19-13-10-16(3)18-17(4)11-14-19/h15-18H,5-14H2,1-4H3. The van der Waals surface area contributed by atoms with Gasteiger partial charge in [-0.05, 0) is 58.7 Å². The van der Waals surface area contributed by atoms with Gasteiger partial charge in [0.15, 0.2) is 0 Å². The van der Waals surface area contributed by atoms with Crippen LogP contribution in [0.2, 0.25) is 0 Å². The summed E-state index contributed by atoms with van der Waals surface area (Å²) in [5.41, 5.74) is 0. The predicted molar refractivity (Wildman–Crippen MR) is 85.7 cm³/mol. The van der Waals surface area contributed by atoms with Gasteiger partial charge in [0, 0.05) is 12.1 Å². The van der Waals surface area contributed by atoms with Crippen molar-refractivity contribution in [2.45, 2.75) is 84.7 Å². The summed E-state index contributed by atoms with van der Waals surface area (Å²) in [6.45, 7) is 13.2. The second-order valence-corrected chi connectivity index (χ2v) is 6.98. The van der Waals surface area contributed by atoms with Gasteiger partial charge in [0.1, 0.15) is 0 Å². The molecule has 0 aromatic carbocycles. The minimum absolute atomic E-state index is 0.684. The lowest BCUT2D eigenvalue weighted by atomic mass is 10.0. The molecule has 0 spiro atoms. The van der Waals surface area contributed by atoms with Crippen molar-refractivity contribution in [3.63, 3.8) is 0 Å². The fraction of sp³-hybridized carbons (Fsp3) is 1.00. The van der Waals surface area contributed by atoms with E-state index in [0.717, 1.165) is 5.92 Å². The molecule has 2 heteroatoms. The molecule has 1 aliphatic heterocycles. The molecule has 1 fully saturated rings. The Bertz CT molecular complexity index is 203. The van der Waals surface area contributed by atoms with E-state index < -0.39 is 0 Å². The maximum absolute atomic E-state index is 3.67. The average Bonchev–Trinajstić information content (AvgIpc) is 2.33. The molecule has 1 heterocycles. The molecule has 1 saturated heterocycles. The van der Waals surface area contributed by atoms with Gasteiger partial charge < -0.3 is 10.2 Å². The average molecular weight is 268 g/mol. The van der Waals surface area contributed by atoms with E-state index in [1.165, 1.54) is 64.6 Å². The molecule has 0 amide bonds. The van der Waals surface area contributed by atoms with E-state index in [0.29, 0.717) is 12.1 Å². The van der Waals surface area contributed by atoms with Crippen LogP contribution in [0.25, 0.3) is 0 Å². The van der Waals surface area contributed by atoms with Crippen LogP contribution in [0.1, 0.15) is 72.6 Å². The highest BCUT2D eigenvalue weighted by molar-refractivity contribution is 4.75. The largest absolute Gasteiger partial charge is 0.312 e. The third kappa shape index (κ3) is 8.65. The molecule has 19 heavy (non-hydrogen) atoms. The maximum Gasteiger partial charge on any atom is 0.00533 e. The Balaban J connectivity index is 2.07. The molecule has 0 aliphatic carbocycles. The van der Waals surface area contributed by atoms with Gasteiger partial charge in [-0.1, -0.05) is 39.5 Å². The van der Waals surface area contributed by atoms with Crippen LogP contribution < -0.4 is 5.32 Å². The topological polar surface area (TPSA) is 15.3 Å². The first-order valence-corrected chi connectivity index (χ1v) is 8.56. The van der Waals surface area contributed by atoms with Gasteiger partial charge in [-0.3, -0.25) is 0 Å². The van der Waals surface area contributed by atoms with Crippen molar-refractivity contribution >= 4 is 0 Å². The number of rotatable bonds is 7. The molecule has 0 saturated carbocycles. The summed E-state index contributed by atoms with van der Waals surface area (Å²) < 4.78 is 0. The Hall–Kier alpha value is -0.0800. The Morgan fingerprint density at radius 1 is 0.947 bits per heavy atom. The number of hydrogen-bond acceptors (Lipinski definition) is 2. The molecule has 0 aromatic rings. The van der Waals surface area contributed by atoms with Crippen LogP contribution in [0.5, 0.6) is 0 Å². The smallest absolute Gasteiger partial charge is 0.00533 e. The second kappa shape index (κ2) is 9.77. The van der Waals surface area contributed by atoms with Crippen LogP contribution in [0.3, 0.4) is 0 Å². The van der Waals surface area contributed by atoms with E-state index in [1.54, 1.807) is 0 Å². The van der Waals surface area contributed by atoms with Crippen molar-refractivity contribution in [2.75, 3.05) is 19.6 Å². The summed E-state index contributed by atoms with van der Waals surface area (Å²) >= 11 is 0. The number of nitrogens with one attached hydrogen (secondary N) is 1. The van der Waals surface area contributed by atoms with Gasteiger partial charge in [0.05, 0.1) is 0 Å². The normalized spacial score (nSPS) is 26.4. The minimum Gasteiger partial charge on any atom is -0.312 e. The van der Waals surface area contributed by atoms with Gasteiger partial charge in [0.2, 0.25) is 0 Å². The molecule has 114 valence electrons. The molecular formula is C17H36N2. The van der Waals surface area contributed by atoms with E-state index in [1.807, 2.05) is 0 Å². The fourth-order valence-corrected chi connectivity index (χ4v) is 2.98. The molecular weight excluding hydrogens is 232 g/mol. The van der Waals surface area contributed by atoms with Crippen LogP contribution in [0.4, 0.5) is 0 Å². The summed E-state index contributed by atoms with van der Waals surface area (Å²) in [5, 5.41) is 3.67. The van der Waals surface area contributed by atoms with Gasteiger partial charge in [0.25, 0.3) is 0 Å². The number of unbranched alkanes of at least 4 members (excludes halogenated alkanes) is 3. The van der Waals surface area contributed by atoms with Crippen molar-refractivity contribution in [3.05, 3.63) is 0 Å². The van der Waals surface area contributed by atoms with E-state index in [2.05, 4.69) is 37.9 Å². The van der Waals surface area contributed by atoms with Crippen molar-refractivity contribution in [1.29, 1.82) is 0 Å². The van der Waals surface area contributed by atoms with Crippen molar-refractivity contribution < 1.29 is 0 Å². The number of nitrogens with zero attached hydrogens (tertiary/aromatic N) is 1. The first kappa shape index (κ1) is 17.0. The molecule has 0 bridgehead atoms. The zero-order chi connectivity index (χ0) is 14.1. The highest BCUT2D eigenvalue weighted by Crippen LogP contribution is 2.11. The van der Waals surface area contributed by atoms with E-state index in [4.69, 9.17) is 0 Å². The molecule has 1 rings (SSSR count). The summed E-state index contributed by atoms with van der Waals surface area (Å²) in [6.07, 6.45) is 9.69. The molecule has 1 N–H and O–H groups in total. The Labute approximate surface area is 121 Å². The third-order valence-electron chi connectivity index (χ3n) is 4.33. The van der Waals surface area contributed by atoms with E-state index >= 15 is 0 Å². The highest BCUT2D eigenvalue weighted by Gasteiger charge is 2.15. The molecule has 2 unspecified atom stereocenters. The first-order valence-electron chi connectivity index (χ1n) is 8.56. The molecule has 2 nitrogen and oxygen atoms in total. The Kier molecular flexibility index (Phi) is 8.72. The zero-order valence-corrected chi connectivity index (χ0v) is 13.8. The number of hydrogen-bond donors (Lipinski definition) is 1. The second-order valence-electron chi connectivity index (χ2n) is 6.98.